The van der Waals surface area contributed by atoms with Crippen molar-refractivity contribution in [2.24, 2.45) is 5.92 Å². The minimum absolute atomic E-state index is 0.454. The third-order valence-corrected chi connectivity index (χ3v) is 11.3. The number of rotatable bonds is 15. The summed E-state index contributed by atoms with van der Waals surface area (Å²) in [7, 11) is 5.71. The van der Waals surface area contributed by atoms with Crippen LogP contribution in [-0.4, -0.2) is 70.5 Å². The second kappa shape index (κ2) is 14.5. The Labute approximate surface area is 160 Å². The van der Waals surface area contributed by atoms with Gasteiger partial charge in [-0.05, 0) is 41.8 Å². The minimum atomic E-state index is -1.61. The van der Waals surface area contributed by atoms with Crippen LogP contribution in [0.2, 0.25) is 16.6 Å². The molecule has 0 aromatic rings. The molecule has 0 fully saturated rings. The van der Waals surface area contributed by atoms with Gasteiger partial charge in [-0.3, -0.25) is 0 Å². The Morgan fingerprint density at radius 3 is 0.840 bits per heavy atom. The Balaban J connectivity index is 5.02. The van der Waals surface area contributed by atoms with E-state index in [0.29, 0.717) is 22.5 Å². The van der Waals surface area contributed by atoms with E-state index in [-0.39, 0.29) is 0 Å². The summed E-state index contributed by atoms with van der Waals surface area (Å²) in [5, 5.41) is 0. The van der Waals surface area contributed by atoms with Crippen LogP contribution in [-0.2, 0) is 26.6 Å². The molecule has 0 aliphatic heterocycles. The summed E-state index contributed by atoms with van der Waals surface area (Å²) < 4.78 is 33.5. The van der Waals surface area contributed by atoms with Crippen LogP contribution in [0.1, 0.15) is 40.0 Å². The average Bonchev–Trinajstić information content (AvgIpc) is 2.57. The van der Waals surface area contributed by atoms with Crippen molar-refractivity contribution in [2.45, 2.75) is 56.7 Å². The van der Waals surface area contributed by atoms with E-state index < -0.39 is 27.9 Å². The van der Waals surface area contributed by atoms with Gasteiger partial charge in [0.25, 0.3) is 0 Å². The van der Waals surface area contributed by atoms with Gasteiger partial charge in [0.2, 0.25) is 0 Å². The van der Waals surface area contributed by atoms with Gasteiger partial charge in [-0.15, -0.1) is 0 Å². The largest absolute Gasteiger partial charge is 0.400 e. The van der Waals surface area contributed by atoms with Crippen LogP contribution in [0.5, 0.6) is 0 Å². The zero-order chi connectivity index (χ0) is 19.4. The molecule has 0 amide bonds. The third kappa shape index (κ3) is 9.25. The molecular weight excluding hydrogens is 372 g/mol. The Morgan fingerprint density at radius 2 is 0.680 bits per heavy atom. The van der Waals surface area contributed by atoms with E-state index in [1.54, 1.807) is 42.7 Å². The zero-order valence-electron chi connectivity index (χ0n) is 17.6. The summed E-state index contributed by atoms with van der Waals surface area (Å²) in [6.45, 7) is 6.74. The fourth-order valence-corrected chi connectivity index (χ4v) is 9.07. The van der Waals surface area contributed by atoms with Crippen LogP contribution in [0, 0.1) is 5.92 Å². The molecule has 152 valence electrons. The first kappa shape index (κ1) is 25.4. The van der Waals surface area contributed by atoms with Gasteiger partial charge >= 0.3 is 27.9 Å². The van der Waals surface area contributed by atoms with Gasteiger partial charge in [-0.1, -0.05) is 20.8 Å². The highest BCUT2D eigenvalue weighted by molar-refractivity contribution is 6.47. The third-order valence-electron chi connectivity index (χ3n) is 4.90. The highest BCUT2D eigenvalue weighted by Crippen LogP contribution is 2.35. The Kier molecular flexibility index (Phi) is 14.7. The van der Waals surface area contributed by atoms with Crippen LogP contribution < -0.4 is 0 Å². The molecule has 0 spiro atoms. The molecule has 0 aliphatic rings. The van der Waals surface area contributed by atoms with Crippen LogP contribution >= 0.6 is 0 Å². The molecule has 0 saturated carbocycles. The van der Waals surface area contributed by atoms with Crippen LogP contribution in [0.4, 0.5) is 0 Å². The lowest BCUT2D eigenvalue weighted by Crippen LogP contribution is -2.31. The summed E-state index contributed by atoms with van der Waals surface area (Å²) in [6.07, 6.45) is 3.28. The Hall–Kier alpha value is 0.411. The van der Waals surface area contributed by atoms with Gasteiger partial charge in [0.05, 0.1) is 0 Å². The average molecular weight is 413 g/mol. The van der Waals surface area contributed by atoms with Crippen molar-refractivity contribution in [3.63, 3.8) is 0 Å². The van der Waals surface area contributed by atoms with Gasteiger partial charge < -0.3 is 26.6 Å². The van der Waals surface area contributed by atoms with Crippen LogP contribution in [0.3, 0.4) is 0 Å². The molecule has 0 aliphatic carbocycles. The van der Waals surface area contributed by atoms with Crippen molar-refractivity contribution in [1.29, 1.82) is 0 Å². The van der Waals surface area contributed by atoms with Gasteiger partial charge in [0.15, 0.2) is 0 Å². The van der Waals surface area contributed by atoms with Crippen molar-refractivity contribution in [3.8, 4) is 0 Å². The summed E-state index contributed by atoms with van der Waals surface area (Å²) in [6, 6.07) is 0. The molecular formula is C16H40O6Si3. The maximum Gasteiger partial charge on any atom is 0.323 e. The smallest absolute Gasteiger partial charge is 0.323 e. The molecule has 25 heavy (non-hydrogen) atoms. The van der Waals surface area contributed by atoms with Crippen molar-refractivity contribution in [1.82, 2.24) is 0 Å². The first-order valence-corrected chi connectivity index (χ1v) is 13.9. The van der Waals surface area contributed by atoms with E-state index in [1.165, 1.54) is 0 Å². The van der Waals surface area contributed by atoms with E-state index in [2.05, 4.69) is 20.8 Å². The van der Waals surface area contributed by atoms with E-state index in [1.807, 2.05) is 0 Å². The van der Waals surface area contributed by atoms with Gasteiger partial charge in [-0.25, -0.2) is 0 Å². The van der Waals surface area contributed by atoms with Crippen LogP contribution in [0.15, 0.2) is 0 Å². The summed E-state index contributed by atoms with van der Waals surface area (Å²) in [4.78, 5) is 0. The topological polar surface area (TPSA) is 55.4 Å². The summed E-state index contributed by atoms with van der Waals surface area (Å²) in [5.74, 6) is 0.556. The van der Waals surface area contributed by atoms with Crippen molar-refractivity contribution in [3.05, 3.63) is 0 Å². The Bertz CT molecular complexity index is 267. The maximum atomic E-state index is 5.59. The van der Waals surface area contributed by atoms with Crippen LogP contribution in [0.25, 0.3) is 0 Å². The summed E-state index contributed by atoms with van der Waals surface area (Å²) >= 11 is 0. The molecule has 0 N–H and O–H groups in total. The molecule has 0 heterocycles. The molecule has 0 rings (SSSR count). The standard InChI is InChI=1S/C16H40O6Si3/c1-13(23(17-4)18-5)10-16(11-14(2)24(19-6)20-7)12-15(3)25(21-8)22-9/h13-16,23-25H,10-12H2,1-9H3. The molecule has 0 aromatic heterocycles. The Morgan fingerprint density at radius 1 is 0.480 bits per heavy atom. The van der Waals surface area contributed by atoms with Gasteiger partial charge in [-0.2, -0.15) is 0 Å². The highest BCUT2D eigenvalue weighted by atomic mass is 28.3. The monoisotopic (exact) mass is 412 g/mol. The first-order valence-electron chi connectivity index (χ1n) is 9.05. The molecule has 0 saturated heterocycles. The minimum Gasteiger partial charge on any atom is -0.400 e. The SMILES string of the molecule is CO[SiH](OC)C(C)CC(CC(C)[SiH](OC)OC)CC(C)[SiH](OC)OC. The van der Waals surface area contributed by atoms with Crippen molar-refractivity contribution in [2.75, 3.05) is 42.7 Å². The second-order valence-electron chi connectivity index (χ2n) is 7.02. The number of hydrogen-bond donors (Lipinski definition) is 0. The lowest BCUT2D eigenvalue weighted by molar-refractivity contribution is 0.236. The predicted octanol–water partition coefficient (Wildman–Crippen LogP) is 2.48. The van der Waals surface area contributed by atoms with E-state index in [4.69, 9.17) is 26.6 Å². The normalized spacial score (nSPS) is 17.3. The fraction of sp³-hybridized carbons (Fsp3) is 1.00. The first-order chi connectivity index (χ1) is 11.9. The zero-order valence-corrected chi connectivity index (χ0v) is 21.1. The molecule has 0 radical (unpaired) electrons. The van der Waals surface area contributed by atoms with Gasteiger partial charge in [0.1, 0.15) is 0 Å². The van der Waals surface area contributed by atoms with Gasteiger partial charge in [0, 0.05) is 42.7 Å². The molecule has 0 aromatic carbocycles. The number of hydrogen-bond acceptors (Lipinski definition) is 6. The lowest BCUT2D eigenvalue weighted by atomic mass is 9.93. The molecule has 3 unspecified atom stereocenters. The summed E-state index contributed by atoms with van der Waals surface area (Å²) in [5.41, 5.74) is 1.36. The molecule has 3 atom stereocenters. The van der Waals surface area contributed by atoms with E-state index in [0.717, 1.165) is 19.3 Å². The molecule has 6 nitrogen and oxygen atoms in total. The lowest BCUT2D eigenvalue weighted by Gasteiger charge is -2.30. The maximum absolute atomic E-state index is 5.59. The van der Waals surface area contributed by atoms with E-state index >= 15 is 0 Å². The van der Waals surface area contributed by atoms with E-state index in [9.17, 15) is 0 Å². The quantitative estimate of drug-likeness (QED) is 0.385. The predicted molar refractivity (Wildman–Crippen MR) is 109 cm³/mol. The second-order valence-corrected chi connectivity index (χ2v) is 15.5. The fourth-order valence-electron chi connectivity index (χ4n) is 3.88. The van der Waals surface area contributed by atoms with Crippen molar-refractivity contribution < 1.29 is 26.6 Å². The highest BCUT2D eigenvalue weighted by Gasteiger charge is 2.31. The molecule has 0 bridgehead atoms. The van der Waals surface area contributed by atoms with Crippen molar-refractivity contribution >= 4 is 27.9 Å². The molecule has 9 heteroatoms.